The number of hydrogen-bond donors (Lipinski definition) is 2. The number of nitrogens with one attached hydrogen (secondary N) is 1. The fraction of sp³-hybridized carbons (Fsp3) is 0.375. The molecule has 2 aromatic rings. The van der Waals surface area contributed by atoms with Gasteiger partial charge in [0.15, 0.2) is 0 Å². The lowest BCUT2D eigenvalue weighted by Gasteiger charge is -2.22. The molecule has 178 valence electrons. The summed E-state index contributed by atoms with van der Waals surface area (Å²) in [7, 11) is -2.29. The molecule has 33 heavy (non-hydrogen) atoms. The van der Waals surface area contributed by atoms with Crippen LogP contribution in [0.15, 0.2) is 65.6 Å². The van der Waals surface area contributed by atoms with Gasteiger partial charge in [-0.3, -0.25) is 9.69 Å². The molecule has 0 radical (unpaired) electrons. The van der Waals surface area contributed by atoms with Crippen LogP contribution in [0.1, 0.15) is 31.2 Å². The number of ether oxygens (including phenoxy) is 1. The molecular formula is C24H29ClN2O5S. The molecule has 1 heterocycles. The second-order valence-corrected chi connectivity index (χ2v) is 10.2. The summed E-state index contributed by atoms with van der Waals surface area (Å²) in [5, 5.41) is 10.0. The first kappa shape index (κ1) is 25.2. The lowest BCUT2D eigenvalue weighted by atomic mass is 10.1. The van der Waals surface area contributed by atoms with Gasteiger partial charge in [-0.05, 0) is 61.2 Å². The van der Waals surface area contributed by atoms with Crippen molar-refractivity contribution in [2.45, 2.75) is 49.2 Å². The molecule has 9 heteroatoms. The number of unbranched alkanes of at least 4 members (excludes halogenated alkanes) is 1. The van der Waals surface area contributed by atoms with Gasteiger partial charge in [-0.25, -0.2) is 13.1 Å². The molecule has 1 aliphatic rings. The predicted molar refractivity (Wildman–Crippen MR) is 127 cm³/mol. The van der Waals surface area contributed by atoms with Crippen molar-refractivity contribution in [1.82, 2.24) is 9.62 Å². The van der Waals surface area contributed by atoms with E-state index in [0.29, 0.717) is 37.4 Å². The molecule has 0 unspecified atom stereocenters. The van der Waals surface area contributed by atoms with Crippen molar-refractivity contribution in [2.24, 2.45) is 0 Å². The number of likely N-dealkylation sites (tertiary alicyclic amines) is 1. The molecule has 7 nitrogen and oxygen atoms in total. The highest BCUT2D eigenvalue weighted by Gasteiger charge is 2.33. The molecule has 3 rings (SSSR count). The molecule has 2 aromatic carbocycles. The van der Waals surface area contributed by atoms with E-state index in [9.17, 15) is 18.3 Å². The Kier molecular flexibility index (Phi) is 8.91. The number of phenolic OH excluding ortho intramolecular Hbond substituents is 1. The van der Waals surface area contributed by atoms with Crippen molar-refractivity contribution in [3.63, 3.8) is 0 Å². The van der Waals surface area contributed by atoms with Crippen molar-refractivity contribution < 1.29 is 23.1 Å². The van der Waals surface area contributed by atoms with E-state index >= 15 is 0 Å². The van der Waals surface area contributed by atoms with Crippen LogP contribution in [-0.4, -0.2) is 50.1 Å². The van der Waals surface area contributed by atoms with Gasteiger partial charge in [-0.1, -0.05) is 35.9 Å². The number of carbonyl (C=O) groups excluding carboxylic acids is 1. The average Bonchev–Trinajstić information content (AvgIpc) is 3.15. The Labute approximate surface area is 200 Å². The predicted octanol–water partition coefficient (Wildman–Crippen LogP) is 3.87. The van der Waals surface area contributed by atoms with Gasteiger partial charge in [-0.2, -0.15) is 0 Å². The summed E-state index contributed by atoms with van der Waals surface area (Å²) >= 11 is 5.88. The standard InChI is InChI=1S/C24H29ClN2O5S/c1-32-24(29)6-4-2-3-5-21-15-20(17-27(21)16-18-7-11-22(28)12-8-18)26-33(30,31)23-13-9-19(25)10-14-23/h3,5,7-14,20-21,26,28H,2,4,6,15-17H2,1H3/b5-3-/t20-,21-/m1/s1. The van der Waals surface area contributed by atoms with Crippen LogP contribution in [-0.2, 0) is 26.1 Å². The van der Waals surface area contributed by atoms with Crippen molar-refractivity contribution in [1.29, 1.82) is 0 Å². The number of esters is 1. The van der Waals surface area contributed by atoms with E-state index < -0.39 is 10.0 Å². The van der Waals surface area contributed by atoms with E-state index in [1.807, 2.05) is 18.2 Å². The van der Waals surface area contributed by atoms with E-state index in [2.05, 4.69) is 20.4 Å². The Bertz CT molecular complexity index is 1060. The fourth-order valence-corrected chi connectivity index (χ4v) is 5.22. The van der Waals surface area contributed by atoms with E-state index in [0.717, 1.165) is 12.0 Å². The molecule has 0 aliphatic carbocycles. The third-order valence-corrected chi connectivity index (χ3v) is 7.34. The van der Waals surface area contributed by atoms with Crippen molar-refractivity contribution in [2.75, 3.05) is 13.7 Å². The number of benzene rings is 2. The zero-order valence-corrected chi connectivity index (χ0v) is 20.1. The quantitative estimate of drug-likeness (QED) is 0.297. The van der Waals surface area contributed by atoms with Crippen molar-refractivity contribution in [3.05, 3.63) is 71.3 Å². The number of rotatable bonds is 10. The van der Waals surface area contributed by atoms with Gasteiger partial charge in [0.05, 0.1) is 12.0 Å². The van der Waals surface area contributed by atoms with Crippen LogP contribution in [0.25, 0.3) is 0 Å². The van der Waals surface area contributed by atoms with Gasteiger partial charge in [0.25, 0.3) is 0 Å². The highest BCUT2D eigenvalue weighted by Crippen LogP contribution is 2.25. The van der Waals surface area contributed by atoms with E-state index in [1.165, 1.54) is 19.2 Å². The Balaban J connectivity index is 1.68. The number of hydrogen-bond acceptors (Lipinski definition) is 6. The molecule has 1 fully saturated rings. The first-order valence-corrected chi connectivity index (χ1v) is 12.7. The van der Waals surface area contributed by atoms with Crippen LogP contribution in [0.2, 0.25) is 5.02 Å². The molecule has 0 amide bonds. The first-order valence-electron chi connectivity index (χ1n) is 10.8. The van der Waals surface area contributed by atoms with Crippen LogP contribution in [0.4, 0.5) is 0 Å². The van der Waals surface area contributed by atoms with Gasteiger partial charge in [0.2, 0.25) is 10.0 Å². The van der Waals surface area contributed by atoms with E-state index in [1.54, 1.807) is 24.3 Å². The van der Waals surface area contributed by atoms with Crippen molar-refractivity contribution >= 4 is 27.6 Å². The SMILES string of the molecule is COC(=O)CCC/C=C\[C@@H]1C[C@@H](NS(=O)(=O)c2ccc(Cl)cc2)CN1Cc1ccc(O)cc1. The zero-order chi connectivity index (χ0) is 23.8. The Hall–Kier alpha value is -2.39. The number of carbonyl (C=O) groups is 1. The molecule has 2 atom stereocenters. The minimum Gasteiger partial charge on any atom is -0.508 e. The topological polar surface area (TPSA) is 95.9 Å². The summed E-state index contributed by atoms with van der Waals surface area (Å²) in [6.07, 6.45) is 6.53. The molecule has 0 aromatic heterocycles. The van der Waals surface area contributed by atoms with Gasteiger partial charge >= 0.3 is 5.97 Å². The molecule has 1 aliphatic heterocycles. The average molecular weight is 493 g/mol. The second-order valence-electron chi connectivity index (χ2n) is 8.07. The summed E-state index contributed by atoms with van der Waals surface area (Å²) < 4.78 is 33.2. The number of sulfonamides is 1. The molecule has 2 N–H and O–H groups in total. The van der Waals surface area contributed by atoms with Crippen LogP contribution >= 0.6 is 11.6 Å². The van der Waals surface area contributed by atoms with Crippen molar-refractivity contribution in [3.8, 4) is 5.75 Å². The maximum atomic E-state index is 12.8. The summed E-state index contributed by atoms with van der Waals surface area (Å²) in [6, 6.07) is 12.9. The molecular weight excluding hydrogens is 464 g/mol. The third-order valence-electron chi connectivity index (χ3n) is 5.56. The lowest BCUT2D eigenvalue weighted by Crippen LogP contribution is -2.37. The van der Waals surface area contributed by atoms with Crippen LogP contribution in [0, 0.1) is 0 Å². The summed E-state index contributed by atoms with van der Waals surface area (Å²) in [4.78, 5) is 13.7. The monoisotopic (exact) mass is 492 g/mol. The normalized spacial score (nSPS) is 19.2. The highest BCUT2D eigenvalue weighted by molar-refractivity contribution is 7.89. The number of halogens is 1. The Morgan fingerprint density at radius 2 is 1.91 bits per heavy atom. The zero-order valence-electron chi connectivity index (χ0n) is 18.5. The van der Waals surface area contributed by atoms with Gasteiger partial charge in [-0.15, -0.1) is 0 Å². The lowest BCUT2D eigenvalue weighted by molar-refractivity contribution is -0.140. The second kappa shape index (κ2) is 11.7. The molecule has 0 bridgehead atoms. The fourth-order valence-electron chi connectivity index (χ4n) is 3.86. The van der Waals surface area contributed by atoms with Gasteiger partial charge in [0, 0.05) is 36.6 Å². The first-order chi connectivity index (χ1) is 15.8. The summed E-state index contributed by atoms with van der Waals surface area (Å²) in [5.41, 5.74) is 1.03. The number of aromatic hydroxyl groups is 1. The number of methoxy groups -OCH3 is 1. The molecule has 1 saturated heterocycles. The number of phenols is 1. The smallest absolute Gasteiger partial charge is 0.305 e. The highest BCUT2D eigenvalue weighted by atomic mass is 35.5. The van der Waals surface area contributed by atoms with Crippen LogP contribution in [0.5, 0.6) is 5.75 Å². The minimum atomic E-state index is -3.67. The third kappa shape index (κ3) is 7.57. The van der Waals surface area contributed by atoms with E-state index in [-0.39, 0.29) is 28.7 Å². The van der Waals surface area contributed by atoms with Gasteiger partial charge in [0.1, 0.15) is 5.75 Å². The maximum absolute atomic E-state index is 12.8. The van der Waals surface area contributed by atoms with E-state index in [4.69, 9.17) is 11.6 Å². The van der Waals surface area contributed by atoms with Crippen LogP contribution < -0.4 is 4.72 Å². The molecule has 0 spiro atoms. The Morgan fingerprint density at radius 1 is 1.21 bits per heavy atom. The minimum absolute atomic E-state index is 0.0369. The summed E-state index contributed by atoms with van der Waals surface area (Å²) in [5.74, 6) is -0.0225. The number of allylic oxidation sites excluding steroid dienone is 1. The van der Waals surface area contributed by atoms with Crippen LogP contribution in [0.3, 0.4) is 0 Å². The maximum Gasteiger partial charge on any atom is 0.305 e. The Morgan fingerprint density at radius 3 is 2.58 bits per heavy atom. The summed E-state index contributed by atoms with van der Waals surface area (Å²) in [6.45, 7) is 1.17. The number of nitrogens with zero attached hydrogens (tertiary/aromatic N) is 1. The van der Waals surface area contributed by atoms with Gasteiger partial charge < -0.3 is 9.84 Å². The molecule has 0 saturated carbocycles. The largest absolute Gasteiger partial charge is 0.508 e.